The number of hydrogen-bond acceptors (Lipinski definition) is 3. The topological polar surface area (TPSA) is 21.7 Å². The number of benzene rings is 3. The molecule has 0 bridgehead atoms. The van der Waals surface area contributed by atoms with Crippen LogP contribution in [0.1, 0.15) is 48.3 Å². The number of nitrogens with zero attached hydrogens (tertiary/aromatic N) is 1. The Bertz CT molecular complexity index is 1020. The van der Waals surface area contributed by atoms with Crippen LogP contribution in [0.15, 0.2) is 78.9 Å². The van der Waals surface area contributed by atoms with E-state index >= 15 is 0 Å². The SMILES string of the molecule is CCN1CC(C2c3ccc(OC)cc3CCC2c2ccccc2)CC1Oc1ccccc1. The summed E-state index contributed by atoms with van der Waals surface area (Å²) in [5, 5.41) is 0. The Hall–Kier alpha value is -2.78. The van der Waals surface area contributed by atoms with E-state index in [9.17, 15) is 0 Å². The summed E-state index contributed by atoms with van der Waals surface area (Å²) in [6.45, 7) is 4.33. The largest absolute Gasteiger partial charge is 0.497 e. The van der Waals surface area contributed by atoms with Gasteiger partial charge in [-0.3, -0.25) is 4.90 Å². The molecular formula is C29H33NO2. The summed E-state index contributed by atoms with van der Waals surface area (Å²) in [6.07, 6.45) is 3.48. The molecule has 0 saturated carbocycles. The fourth-order valence-electron chi connectivity index (χ4n) is 5.89. The molecule has 166 valence electrons. The minimum atomic E-state index is 0.132. The summed E-state index contributed by atoms with van der Waals surface area (Å²) >= 11 is 0. The van der Waals surface area contributed by atoms with Crippen LogP contribution < -0.4 is 9.47 Å². The fourth-order valence-corrected chi connectivity index (χ4v) is 5.89. The lowest BCUT2D eigenvalue weighted by Gasteiger charge is -2.38. The smallest absolute Gasteiger partial charge is 0.153 e. The number of methoxy groups -OCH3 is 1. The van der Waals surface area contributed by atoms with Gasteiger partial charge in [0.15, 0.2) is 6.23 Å². The van der Waals surface area contributed by atoms with E-state index in [-0.39, 0.29) is 6.23 Å². The van der Waals surface area contributed by atoms with Crippen LogP contribution in [-0.4, -0.2) is 31.3 Å². The van der Waals surface area contributed by atoms with Gasteiger partial charge in [0.2, 0.25) is 0 Å². The van der Waals surface area contributed by atoms with Crippen molar-refractivity contribution in [3.63, 3.8) is 0 Å². The molecule has 1 aliphatic heterocycles. The lowest BCUT2D eigenvalue weighted by molar-refractivity contribution is 0.0649. The monoisotopic (exact) mass is 427 g/mol. The Labute approximate surface area is 192 Å². The van der Waals surface area contributed by atoms with Crippen molar-refractivity contribution in [1.82, 2.24) is 4.90 Å². The van der Waals surface area contributed by atoms with Crippen molar-refractivity contribution in [2.45, 2.75) is 44.2 Å². The van der Waals surface area contributed by atoms with Crippen molar-refractivity contribution < 1.29 is 9.47 Å². The molecule has 1 saturated heterocycles. The quantitative estimate of drug-likeness (QED) is 0.464. The van der Waals surface area contributed by atoms with Crippen LogP contribution in [-0.2, 0) is 6.42 Å². The van der Waals surface area contributed by atoms with E-state index in [2.05, 4.69) is 72.5 Å². The first-order chi connectivity index (χ1) is 15.8. The molecule has 32 heavy (non-hydrogen) atoms. The van der Waals surface area contributed by atoms with E-state index in [0.29, 0.717) is 17.8 Å². The summed E-state index contributed by atoms with van der Waals surface area (Å²) in [5.41, 5.74) is 4.43. The van der Waals surface area contributed by atoms with Gasteiger partial charge >= 0.3 is 0 Å². The number of likely N-dealkylation sites (tertiary alicyclic amines) is 1. The molecule has 3 aromatic carbocycles. The number of ether oxygens (including phenoxy) is 2. The minimum absolute atomic E-state index is 0.132. The van der Waals surface area contributed by atoms with Gasteiger partial charge in [0, 0.05) is 13.0 Å². The predicted octanol–water partition coefficient (Wildman–Crippen LogP) is 6.26. The van der Waals surface area contributed by atoms with Crippen molar-refractivity contribution in [3.05, 3.63) is 95.6 Å². The van der Waals surface area contributed by atoms with E-state index in [1.165, 1.54) is 23.1 Å². The van der Waals surface area contributed by atoms with Gasteiger partial charge in [0.25, 0.3) is 0 Å². The summed E-state index contributed by atoms with van der Waals surface area (Å²) in [6, 6.07) is 28.1. The normalized spacial score (nSPS) is 25.3. The molecule has 2 aliphatic rings. The summed E-state index contributed by atoms with van der Waals surface area (Å²) < 4.78 is 12.0. The van der Waals surface area contributed by atoms with Gasteiger partial charge < -0.3 is 9.47 Å². The van der Waals surface area contributed by atoms with Gasteiger partial charge in [0.1, 0.15) is 11.5 Å². The number of para-hydroxylation sites is 1. The molecule has 0 radical (unpaired) electrons. The average molecular weight is 428 g/mol. The molecule has 0 spiro atoms. The van der Waals surface area contributed by atoms with Crippen molar-refractivity contribution in [3.8, 4) is 11.5 Å². The standard InChI is InChI=1S/C29H33NO2/c1-3-30-20-23(19-28(30)32-24-12-8-5-9-13-24)29-26(21-10-6-4-7-11-21)16-14-22-18-25(31-2)15-17-27(22)29/h4-13,15,17-18,23,26,28-29H,3,14,16,19-20H2,1-2H3. The summed E-state index contributed by atoms with van der Waals surface area (Å²) in [4.78, 5) is 2.51. The van der Waals surface area contributed by atoms with Crippen molar-refractivity contribution in [2.24, 2.45) is 5.92 Å². The zero-order valence-corrected chi connectivity index (χ0v) is 19.1. The third-order valence-corrected chi connectivity index (χ3v) is 7.41. The Kier molecular flexibility index (Phi) is 6.18. The summed E-state index contributed by atoms with van der Waals surface area (Å²) in [5.74, 6) is 3.51. The molecule has 3 aromatic rings. The highest BCUT2D eigenvalue weighted by Crippen LogP contribution is 2.50. The Balaban J connectivity index is 1.48. The van der Waals surface area contributed by atoms with Crippen LogP contribution in [0.25, 0.3) is 0 Å². The second kappa shape index (κ2) is 9.38. The van der Waals surface area contributed by atoms with Crippen LogP contribution >= 0.6 is 0 Å². The first kappa shape index (κ1) is 21.1. The van der Waals surface area contributed by atoms with E-state index in [1.54, 1.807) is 7.11 Å². The average Bonchev–Trinajstić information content (AvgIpc) is 3.26. The van der Waals surface area contributed by atoms with E-state index in [1.807, 2.05) is 18.2 Å². The van der Waals surface area contributed by atoms with Gasteiger partial charge in [-0.15, -0.1) is 0 Å². The van der Waals surface area contributed by atoms with Crippen molar-refractivity contribution >= 4 is 0 Å². The number of rotatable bonds is 6. The maximum atomic E-state index is 6.47. The first-order valence-electron chi connectivity index (χ1n) is 11.9. The third kappa shape index (κ3) is 4.14. The van der Waals surface area contributed by atoms with E-state index in [4.69, 9.17) is 9.47 Å². The van der Waals surface area contributed by atoms with Gasteiger partial charge in [-0.2, -0.15) is 0 Å². The molecule has 1 heterocycles. The fraction of sp³-hybridized carbons (Fsp3) is 0.379. The highest BCUT2D eigenvalue weighted by atomic mass is 16.5. The molecule has 0 N–H and O–H groups in total. The highest BCUT2D eigenvalue weighted by Gasteiger charge is 2.43. The lowest BCUT2D eigenvalue weighted by Crippen LogP contribution is -2.34. The summed E-state index contributed by atoms with van der Waals surface area (Å²) in [7, 11) is 1.76. The Morgan fingerprint density at radius 2 is 1.66 bits per heavy atom. The molecule has 0 amide bonds. The van der Waals surface area contributed by atoms with Crippen LogP contribution in [0.3, 0.4) is 0 Å². The lowest BCUT2D eigenvalue weighted by atomic mass is 9.66. The Morgan fingerprint density at radius 3 is 2.38 bits per heavy atom. The zero-order chi connectivity index (χ0) is 21.9. The number of hydrogen-bond donors (Lipinski definition) is 0. The van der Waals surface area contributed by atoms with E-state index < -0.39 is 0 Å². The van der Waals surface area contributed by atoms with Gasteiger partial charge in [-0.05, 0) is 78.1 Å². The van der Waals surface area contributed by atoms with Crippen LogP contribution in [0, 0.1) is 5.92 Å². The second-order valence-electron chi connectivity index (χ2n) is 9.12. The van der Waals surface area contributed by atoms with Crippen molar-refractivity contribution in [1.29, 1.82) is 0 Å². The van der Waals surface area contributed by atoms with Crippen LogP contribution in [0.2, 0.25) is 0 Å². The van der Waals surface area contributed by atoms with Crippen LogP contribution in [0.4, 0.5) is 0 Å². The zero-order valence-electron chi connectivity index (χ0n) is 19.1. The van der Waals surface area contributed by atoms with Gasteiger partial charge in [-0.25, -0.2) is 0 Å². The predicted molar refractivity (Wildman–Crippen MR) is 129 cm³/mol. The first-order valence-corrected chi connectivity index (χ1v) is 11.9. The maximum absolute atomic E-state index is 6.47. The third-order valence-electron chi connectivity index (χ3n) is 7.41. The molecule has 1 aliphatic carbocycles. The molecular weight excluding hydrogens is 394 g/mol. The maximum Gasteiger partial charge on any atom is 0.153 e. The number of aryl methyl sites for hydroxylation is 1. The second-order valence-corrected chi connectivity index (χ2v) is 9.12. The number of fused-ring (bicyclic) bond motifs is 1. The molecule has 3 heteroatoms. The minimum Gasteiger partial charge on any atom is -0.497 e. The van der Waals surface area contributed by atoms with Crippen LogP contribution in [0.5, 0.6) is 11.5 Å². The molecule has 4 atom stereocenters. The molecule has 1 fully saturated rings. The highest BCUT2D eigenvalue weighted by molar-refractivity contribution is 5.43. The van der Waals surface area contributed by atoms with E-state index in [0.717, 1.165) is 37.4 Å². The van der Waals surface area contributed by atoms with Crippen molar-refractivity contribution in [2.75, 3.05) is 20.2 Å². The molecule has 4 unspecified atom stereocenters. The molecule has 0 aromatic heterocycles. The van der Waals surface area contributed by atoms with Gasteiger partial charge in [-0.1, -0.05) is 61.5 Å². The molecule has 3 nitrogen and oxygen atoms in total. The Morgan fingerprint density at radius 1 is 0.906 bits per heavy atom. The molecule has 5 rings (SSSR count). The van der Waals surface area contributed by atoms with Gasteiger partial charge in [0.05, 0.1) is 7.11 Å².